The van der Waals surface area contributed by atoms with Crippen molar-refractivity contribution in [2.75, 3.05) is 26.2 Å². The Morgan fingerprint density at radius 2 is 1.88 bits per heavy atom. The molecule has 0 unspecified atom stereocenters. The molecule has 1 aromatic carbocycles. The van der Waals surface area contributed by atoms with Crippen LogP contribution in [0.25, 0.3) is 11.4 Å². The molecule has 0 spiro atoms. The van der Waals surface area contributed by atoms with Crippen LogP contribution in [-0.4, -0.2) is 46.1 Å². The molecule has 0 atom stereocenters. The van der Waals surface area contributed by atoms with E-state index in [4.69, 9.17) is 16.1 Å². The monoisotopic (exact) mass is 374 g/mol. The van der Waals surface area contributed by atoms with Gasteiger partial charge in [0.05, 0.1) is 6.54 Å². The molecule has 4 rings (SSSR count). The highest BCUT2D eigenvalue weighted by Gasteiger charge is 2.19. The summed E-state index contributed by atoms with van der Waals surface area (Å²) in [5.41, 5.74) is 2.28. The number of nitrogens with zero attached hydrogens (tertiary/aromatic N) is 4. The summed E-state index contributed by atoms with van der Waals surface area (Å²) in [5.74, 6) is 1.36. The van der Waals surface area contributed by atoms with Gasteiger partial charge in [0, 0.05) is 48.7 Å². The molecule has 1 aliphatic heterocycles. The zero-order valence-electron chi connectivity index (χ0n) is 13.8. The fraction of sp³-hybridized carbons (Fsp3) is 0.333. The van der Waals surface area contributed by atoms with Crippen LogP contribution in [-0.2, 0) is 13.1 Å². The van der Waals surface area contributed by atoms with E-state index < -0.39 is 0 Å². The highest BCUT2D eigenvalue weighted by Crippen LogP contribution is 2.19. The van der Waals surface area contributed by atoms with E-state index in [1.54, 1.807) is 11.3 Å². The van der Waals surface area contributed by atoms with Gasteiger partial charge >= 0.3 is 0 Å². The Morgan fingerprint density at radius 3 is 2.60 bits per heavy atom. The topological polar surface area (TPSA) is 45.4 Å². The van der Waals surface area contributed by atoms with Gasteiger partial charge in [0.1, 0.15) is 0 Å². The first kappa shape index (κ1) is 16.7. The molecule has 25 heavy (non-hydrogen) atoms. The van der Waals surface area contributed by atoms with Crippen LogP contribution in [0.4, 0.5) is 0 Å². The molecule has 7 heteroatoms. The van der Waals surface area contributed by atoms with Crippen molar-refractivity contribution in [2.24, 2.45) is 0 Å². The predicted molar refractivity (Wildman–Crippen MR) is 99.6 cm³/mol. The van der Waals surface area contributed by atoms with Crippen molar-refractivity contribution in [3.63, 3.8) is 0 Å². The summed E-state index contributed by atoms with van der Waals surface area (Å²) in [6.07, 6.45) is 0. The fourth-order valence-corrected chi connectivity index (χ4v) is 3.87. The van der Waals surface area contributed by atoms with E-state index in [-0.39, 0.29) is 0 Å². The second-order valence-corrected chi connectivity index (χ2v) is 7.42. The van der Waals surface area contributed by atoms with E-state index in [0.29, 0.717) is 18.3 Å². The molecule has 2 aromatic heterocycles. The number of piperazine rings is 1. The largest absolute Gasteiger partial charge is 0.338 e. The van der Waals surface area contributed by atoms with Gasteiger partial charge in [-0.15, -0.1) is 0 Å². The van der Waals surface area contributed by atoms with Crippen LogP contribution in [0.1, 0.15) is 11.5 Å². The SMILES string of the molecule is Clc1cccc(CN2CCN(Cc3nc(-c4ccsc4)no3)CC2)c1. The van der Waals surface area contributed by atoms with Crippen LogP contribution in [0, 0.1) is 0 Å². The number of rotatable bonds is 5. The zero-order valence-corrected chi connectivity index (χ0v) is 15.3. The molecule has 0 N–H and O–H groups in total. The van der Waals surface area contributed by atoms with Crippen molar-refractivity contribution in [3.05, 3.63) is 57.6 Å². The van der Waals surface area contributed by atoms with Crippen molar-refractivity contribution < 1.29 is 4.52 Å². The molecule has 0 radical (unpaired) electrons. The minimum absolute atomic E-state index is 0.677. The lowest BCUT2D eigenvalue weighted by Crippen LogP contribution is -2.45. The van der Waals surface area contributed by atoms with Gasteiger partial charge in [0.25, 0.3) is 0 Å². The lowest BCUT2D eigenvalue weighted by molar-refractivity contribution is 0.112. The Labute approximate surface area is 155 Å². The van der Waals surface area contributed by atoms with Crippen LogP contribution in [0.2, 0.25) is 5.02 Å². The summed E-state index contributed by atoms with van der Waals surface area (Å²) >= 11 is 7.70. The van der Waals surface area contributed by atoms with E-state index >= 15 is 0 Å². The first-order valence-electron chi connectivity index (χ1n) is 8.30. The van der Waals surface area contributed by atoms with E-state index in [1.807, 2.05) is 35.0 Å². The Bertz CT molecular complexity index is 812. The van der Waals surface area contributed by atoms with E-state index in [0.717, 1.165) is 43.3 Å². The maximum absolute atomic E-state index is 6.07. The Hall–Kier alpha value is -1.73. The van der Waals surface area contributed by atoms with Crippen LogP contribution in [0.3, 0.4) is 0 Å². The summed E-state index contributed by atoms with van der Waals surface area (Å²) in [4.78, 5) is 9.31. The molecule has 0 amide bonds. The van der Waals surface area contributed by atoms with Crippen LogP contribution >= 0.6 is 22.9 Å². The third-order valence-electron chi connectivity index (χ3n) is 4.37. The molecule has 130 valence electrons. The van der Waals surface area contributed by atoms with E-state index in [2.05, 4.69) is 26.0 Å². The minimum Gasteiger partial charge on any atom is -0.338 e. The van der Waals surface area contributed by atoms with Gasteiger partial charge in [0.15, 0.2) is 0 Å². The number of thiophene rings is 1. The Morgan fingerprint density at radius 1 is 1.08 bits per heavy atom. The quantitative estimate of drug-likeness (QED) is 0.680. The van der Waals surface area contributed by atoms with Crippen molar-refractivity contribution in [3.8, 4) is 11.4 Å². The zero-order chi connectivity index (χ0) is 17.1. The molecular formula is C18H19ClN4OS. The minimum atomic E-state index is 0.677. The highest BCUT2D eigenvalue weighted by molar-refractivity contribution is 7.08. The average molecular weight is 375 g/mol. The molecule has 1 saturated heterocycles. The number of aromatic nitrogens is 2. The third-order valence-corrected chi connectivity index (χ3v) is 5.28. The van der Waals surface area contributed by atoms with Gasteiger partial charge in [-0.2, -0.15) is 16.3 Å². The van der Waals surface area contributed by atoms with Crippen LogP contribution in [0.5, 0.6) is 0 Å². The van der Waals surface area contributed by atoms with Crippen molar-refractivity contribution >= 4 is 22.9 Å². The molecule has 5 nitrogen and oxygen atoms in total. The molecule has 3 aromatic rings. The highest BCUT2D eigenvalue weighted by atomic mass is 35.5. The van der Waals surface area contributed by atoms with Crippen LogP contribution < -0.4 is 0 Å². The van der Waals surface area contributed by atoms with Gasteiger partial charge in [-0.3, -0.25) is 9.80 Å². The standard InChI is InChI=1S/C18H19ClN4OS/c19-16-3-1-2-14(10-16)11-22-5-7-23(8-6-22)12-17-20-18(21-24-17)15-4-9-25-13-15/h1-4,9-10,13H,5-8,11-12H2. The van der Waals surface area contributed by atoms with Gasteiger partial charge in [0.2, 0.25) is 11.7 Å². The predicted octanol–water partition coefficient (Wildman–Crippen LogP) is 3.77. The second kappa shape index (κ2) is 7.66. The summed E-state index contributed by atoms with van der Waals surface area (Å²) in [7, 11) is 0. The van der Waals surface area contributed by atoms with Crippen molar-refractivity contribution in [1.29, 1.82) is 0 Å². The van der Waals surface area contributed by atoms with Gasteiger partial charge in [-0.05, 0) is 29.1 Å². The summed E-state index contributed by atoms with van der Waals surface area (Å²) < 4.78 is 5.40. The van der Waals surface area contributed by atoms with Gasteiger partial charge in [-0.25, -0.2) is 0 Å². The maximum Gasteiger partial charge on any atom is 0.241 e. The van der Waals surface area contributed by atoms with Gasteiger partial charge in [-0.1, -0.05) is 28.9 Å². The summed E-state index contributed by atoms with van der Waals surface area (Å²) in [5, 5.41) is 8.92. The van der Waals surface area contributed by atoms with Crippen molar-refractivity contribution in [2.45, 2.75) is 13.1 Å². The third kappa shape index (κ3) is 4.27. The summed E-state index contributed by atoms with van der Waals surface area (Å²) in [6.45, 7) is 5.70. The first-order valence-corrected chi connectivity index (χ1v) is 9.63. The molecule has 0 bridgehead atoms. The smallest absolute Gasteiger partial charge is 0.241 e. The molecule has 1 aliphatic rings. The second-order valence-electron chi connectivity index (χ2n) is 6.21. The van der Waals surface area contributed by atoms with E-state index in [9.17, 15) is 0 Å². The molecule has 0 saturated carbocycles. The Kier molecular flexibility index (Phi) is 5.12. The molecule has 0 aliphatic carbocycles. The number of hydrogen-bond donors (Lipinski definition) is 0. The normalized spacial score (nSPS) is 16.4. The fourth-order valence-electron chi connectivity index (χ4n) is 3.02. The number of hydrogen-bond acceptors (Lipinski definition) is 6. The lowest BCUT2D eigenvalue weighted by atomic mass is 10.2. The molecular weight excluding hydrogens is 356 g/mol. The van der Waals surface area contributed by atoms with Crippen LogP contribution in [0.15, 0.2) is 45.6 Å². The Balaban J connectivity index is 1.29. The molecule has 3 heterocycles. The lowest BCUT2D eigenvalue weighted by Gasteiger charge is -2.33. The molecule has 1 fully saturated rings. The number of benzene rings is 1. The first-order chi connectivity index (χ1) is 12.3. The van der Waals surface area contributed by atoms with E-state index in [1.165, 1.54) is 5.56 Å². The number of halogens is 1. The van der Waals surface area contributed by atoms with Crippen molar-refractivity contribution in [1.82, 2.24) is 19.9 Å². The van der Waals surface area contributed by atoms with Gasteiger partial charge < -0.3 is 4.52 Å². The maximum atomic E-state index is 6.07. The average Bonchev–Trinajstić information content (AvgIpc) is 3.28. The summed E-state index contributed by atoms with van der Waals surface area (Å²) in [6, 6.07) is 10.1.